The van der Waals surface area contributed by atoms with Gasteiger partial charge in [0.1, 0.15) is 0 Å². The highest BCUT2D eigenvalue weighted by Gasteiger charge is 2.24. The number of aliphatic carboxylic acids is 1. The Kier molecular flexibility index (Phi) is 4.57. The van der Waals surface area contributed by atoms with Crippen LogP contribution in [0.3, 0.4) is 0 Å². The molecule has 1 aromatic rings. The van der Waals surface area contributed by atoms with Crippen molar-refractivity contribution in [2.45, 2.75) is 25.4 Å². The molecule has 1 heterocycles. The van der Waals surface area contributed by atoms with Crippen LogP contribution in [-0.4, -0.2) is 46.3 Å². The third-order valence-electron chi connectivity index (χ3n) is 3.42. The van der Waals surface area contributed by atoms with E-state index in [0.717, 1.165) is 18.4 Å². The van der Waals surface area contributed by atoms with Crippen molar-refractivity contribution in [1.82, 2.24) is 10.2 Å². The van der Waals surface area contributed by atoms with E-state index in [2.05, 4.69) is 5.32 Å². The normalized spacial score (nSPS) is 15.9. The summed E-state index contributed by atoms with van der Waals surface area (Å²) >= 11 is 0. The topological polar surface area (TPSA) is 89.9 Å². The average molecular weight is 278 g/mol. The average Bonchev–Trinajstić information content (AvgIpc) is 2.66. The van der Waals surface area contributed by atoms with Crippen molar-refractivity contribution < 1.29 is 19.8 Å². The van der Waals surface area contributed by atoms with Gasteiger partial charge >= 0.3 is 12.0 Å². The maximum Gasteiger partial charge on any atom is 0.328 e. The summed E-state index contributed by atoms with van der Waals surface area (Å²) in [5, 5.41) is 20.1. The maximum absolute atomic E-state index is 12.1. The number of nitrogens with one attached hydrogen (secondary N) is 1. The lowest BCUT2D eigenvalue weighted by molar-refractivity contribution is -0.140. The third-order valence-corrected chi connectivity index (χ3v) is 3.42. The van der Waals surface area contributed by atoms with Crippen molar-refractivity contribution >= 4 is 12.0 Å². The first-order valence-electron chi connectivity index (χ1n) is 6.57. The van der Waals surface area contributed by atoms with E-state index in [1.165, 1.54) is 5.56 Å². The molecule has 1 atom stereocenters. The number of aryl methyl sites for hydroxylation is 1. The number of fused-ring (bicyclic) bond motifs is 1. The van der Waals surface area contributed by atoms with Crippen molar-refractivity contribution in [1.29, 1.82) is 0 Å². The van der Waals surface area contributed by atoms with Crippen molar-refractivity contribution in [2.75, 3.05) is 13.2 Å². The predicted molar refractivity (Wildman–Crippen MR) is 72.2 cm³/mol. The van der Waals surface area contributed by atoms with Crippen LogP contribution in [-0.2, 0) is 17.8 Å². The lowest BCUT2D eigenvalue weighted by Gasteiger charge is -2.23. The lowest BCUT2D eigenvalue weighted by Crippen LogP contribution is -2.49. The summed E-state index contributed by atoms with van der Waals surface area (Å²) in [6, 6.07) is 6.20. The molecule has 0 radical (unpaired) electrons. The van der Waals surface area contributed by atoms with Crippen molar-refractivity contribution in [3.8, 4) is 0 Å². The Bertz CT molecular complexity index is 504. The molecular weight excluding hydrogens is 260 g/mol. The Balaban J connectivity index is 2.06. The molecule has 108 valence electrons. The van der Waals surface area contributed by atoms with Gasteiger partial charge in [0.05, 0.1) is 6.61 Å². The van der Waals surface area contributed by atoms with Crippen LogP contribution in [0, 0.1) is 0 Å². The molecule has 1 aliphatic heterocycles. The third kappa shape index (κ3) is 3.27. The molecule has 0 saturated carbocycles. The number of rotatable bonds is 3. The van der Waals surface area contributed by atoms with E-state index >= 15 is 0 Å². The van der Waals surface area contributed by atoms with E-state index in [1.54, 1.807) is 4.90 Å². The number of hydrogen-bond acceptors (Lipinski definition) is 3. The SMILES string of the molecule is O=C(O)C(CO)NC(=O)N1CCCc2ccccc2C1. The van der Waals surface area contributed by atoms with E-state index < -0.39 is 24.6 Å². The highest BCUT2D eigenvalue weighted by atomic mass is 16.4. The van der Waals surface area contributed by atoms with Gasteiger partial charge in [-0.15, -0.1) is 0 Å². The maximum atomic E-state index is 12.1. The highest BCUT2D eigenvalue weighted by molar-refractivity contribution is 5.82. The van der Waals surface area contributed by atoms with Gasteiger partial charge in [-0.2, -0.15) is 0 Å². The first-order chi connectivity index (χ1) is 9.61. The minimum Gasteiger partial charge on any atom is -0.480 e. The predicted octanol–water partition coefficient (Wildman–Crippen LogP) is 0.590. The first-order valence-corrected chi connectivity index (χ1v) is 6.57. The van der Waals surface area contributed by atoms with E-state index in [4.69, 9.17) is 10.2 Å². The van der Waals surface area contributed by atoms with Crippen molar-refractivity contribution in [3.05, 3.63) is 35.4 Å². The molecule has 0 bridgehead atoms. The van der Waals surface area contributed by atoms with Crippen molar-refractivity contribution in [2.24, 2.45) is 0 Å². The van der Waals surface area contributed by atoms with Gasteiger partial charge in [0.25, 0.3) is 0 Å². The summed E-state index contributed by atoms with van der Waals surface area (Å²) in [7, 11) is 0. The van der Waals surface area contributed by atoms with Gasteiger partial charge in [-0.3, -0.25) is 0 Å². The van der Waals surface area contributed by atoms with Gasteiger partial charge in [-0.25, -0.2) is 9.59 Å². The van der Waals surface area contributed by atoms with Crippen LogP contribution in [0.25, 0.3) is 0 Å². The monoisotopic (exact) mass is 278 g/mol. The van der Waals surface area contributed by atoms with E-state index in [0.29, 0.717) is 13.1 Å². The number of carbonyl (C=O) groups is 2. The second kappa shape index (κ2) is 6.38. The summed E-state index contributed by atoms with van der Waals surface area (Å²) in [5.74, 6) is -1.24. The van der Waals surface area contributed by atoms with Crippen LogP contribution in [0.5, 0.6) is 0 Å². The summed E-state index contributed by atoms with van der Waals surface area (Å²) in [6.45, 7) is 0.406. The Labute approximate surface area is 117 Å². The molecule has 6 nitrogen and oxygen atoms in total. The van der Waals surface area contributed by atoms with Crippen LogP contribution in [0.1, 0.15) is 17.5 Å². The minimum atomic E-state index is -1.26. The molecule has 1 unspecified atom stereocenters. The molecule has 1 aromatic carbocycles. The zero-order chi connectivity index (χ0) is 14.5. The molecular formula is C14H18N2O4. The van der Waals surface area contributed by atoms with Gasteiger partial charge in [0, 0.05) is 13.1 Å². The second-order valence-electron chi connectivity index (χ2n) is 4.82. The molecule has 0 fully saturated rings. The Morgan fingerprint density at radius 3 is 2.65 bits per heavy atom. The fraction of sp³-hybridized carbons (Fsp3) is 0.429. The van der Waals surface area contributed by atoms with E-state index in [9.17, 15) is 9.59 Å². The summed E-state index contributed by atoms with van der Waals surface area (Å²) in [5.41, 5.74) is 2.30. The number of carbonyl (C=O) groups excluding carboxylic acids is 1. The molecule has 0 aliphatic carbocycles. The van der Waals surface area contributed by atoms with Crippen LogP contribution in [0.15, 0.2) is 24.3 Å². The smallest absolute Gasteiger partial charge is 0.328 e. The van der Waals surface area contributed by atoms with Gasteiger partial charge in [-0.05, 0) is 24.0 Å². The van der Waals surface area contributed by atoms with Gasteiger partial charge < -0.3 is 20.4 Å². The molecule has 1 aliphatic rings. The van der Waals surface area contributed by atoms with Crippen LogP contribution >= 0.6 is 0 Å². The van der Waals surface area contributed by atoms with E-state index in [-0.39, 0.29) is 0 Å². The number of carboxylic acid groups (broad SMARTS) is 1. The molecule has 2 amide bonds. The molecule has 20 heavy (non-hydrogen) atoms. The van der Waals surface area contributed by atoms with E-state index in [1.807, 2.05) is 24.3 Å². The van der Waals surface area contributed by atoms with Crippen LogP contribution in [0.2, 0.25) is 0 Å². The quantitative estimate of drug-likeness (QED) is 0.755. The molecule has 2 rings (SSSR count). The number of amides is 2. The van der Waals surface area contributed by atoms with Gasteiger partial charge in [0.15, 0.2) is 6.04 Å². The van der Waals surface area contributed by atoms with Crippen molar-refractivity contribution in [3.63, 3.8) is 0 Å². The zero-order valence-corrected chi connectivity index (χ0v) is 11.1. The number of hydrogen-bond donors (Lipinski definition) is 3. The summed E-state index contributed by atoms with van der Waals surface area (Å²) in [6.07, 6.45) is 1.74. The zero-order valence-electron chi connectivity index (χ0n) is 11.1. The highest BCUT2D eigenvalue weighted by Crippen LogP contribution is 2.18. The number of aliphatic hydroxyl groups excluding tert-OH is 1. The molecule has 6 heteroatoms. The number of carboxylic acids is 1. The Morgan fingerprint density at radius 1 is 1.30 bits per heavy atom. The number of aliphatic hydroxyl groups is 1. The number of benzene rings is 1. The summed E-state index contributed by atoms with van der Waals surface area (Å²) < 4.78 is 0. The van der Waals surface area contributed by atoms with Gasteiger partial charge in [-0.1, -0.05) is 24.3 Å². The summed E-state index contributed by atoms with van der Waals surface area (Å²) in [4.78, 5) is 24.5. The molecule has 0 aromatic heterocycles. The van der Waals surface area contributed by atoms with Crippen LogP contribution in [0.4, 0.5) is 4.79 Å². The minimum absolute atomic E-state index is 0.455. The molecule has 0 spiro atoms. The number of nitrogens with zero attached hydrogens (tertiary/aromatic N) is 1. The van der Waals surface area contributed by atoms with Crippen LogP contribution < -0.4 is 5.32 Å². The van der Waals surface area contributed by atoms with Gasteiger partial charge in [0.2, 0.25) is 0 Å². The first kappa shape index (κ1) is 14.3. The standard InChI is InChI=1S/C14H18N2O4/c17-9-12(13(18)19)15-14(20)16-7-3-6-10-4-1-2-5-11(10)8-16/h1-2,4-5,12,17H,3,6-9H2,(H,15,20)(H,18,19). The Morgan fingerprint density at radius 2 is 2.00 bits per heavy atom. The fourth-order valence-electron chi connectivity index (χ4n) is 2.30. The lowest BCUT2D eigenvalue weighted by atomic mass is 10.0. The fourth-order valence-corrected chi connectivity index (χ4v) is 2.30. The molecule has 3 N–H and O–H groups in total. The number of urea groups is 1. The molecule has 0 saturated heterocycles. The largest absolute Gasteiger partial charge is 0.480 e. The Hall–Kier alpha value is -2.08. The second-order valence-corrected chi connectivity index (χ2v) is 4.82.